The summed E-state index contributed by atoms with van der Waals surface area (Å²) in [5.41, 5.74) is 0.579. The molecule has 2 heterocycles. The molecule has 0 saturated carbocycles. The van der Waals surface area contributed by atoms with E-state index in [1.165, 1.54) is 0 Å². The molecule has 8 nitrogen and oxygen atoms in total. The number of para-hydroxylation sites is 4. The number of carbonyl (C=O) groups is 1. The topological polar surface area (TPSA) is 83.8 Å². The van der Waals surface area contributed by atoms with Gasteiger partial charge in [-0.05, 0) is 24.3 Å². The lowest BCUT2D eigenvalue weighted by atomic mass is 10.2. The maximum Gasteiger partial charge on any atom is 0.262 e. The van der Waals surface area contributed by atoms with Crippen molar-refractivity contribution in [2.45, 2.75) is 12.6 Å². The molecule has 1 aliphatic rings. The zero-order valence-corrected chi connectivity index (χ0v) is 15.9. The van der Waals surface area contributed by atoms with E-state index in [1.54, 1.807) is 36.3 Å². The van der Waals surface area contributed by atoms with E-state index < -0.39 is 0 Å². The first-order valence-corrected chi connectivity index (χ1v) is 9.18. The van der Waals surface area contributed by atoms with Crippen molar-refractivity contribution in [2.75, 3.05) is 25.6 Å². The Hall–Kier alpha value is -3.68. The third-order valence-corrected chi connectivity index (χ3v) is 4.30. The number of aromatic nitrogens is 2. The molecule has 1 amide bonds. The molecule has 0 bridgehead atoms. The van der Waals surface area contributed by atoms with Crippen LogP contribution in [0.5, 0.6) is 23.0 Å². The van der Waals surface area contributed by atoms with Crippen molar-refractivity contribution in [3.63, 3.8) is 0 Å². The molecular formula is C21H21N3O5. The second kappa shape index (κ2) is 8.55. The van der Waals surface area contributed by atoms with E-state index in [4.69, 9.17) is 18.9 Å². The number of methoxy groups -OCH3 is 1. The Morgan fingerprint density at radius 3 is 2.76 bits per heavy atom. The number of nitrogens with zero attached hydrogens (tertiary/aromatic N) is 2. The summed E-state index contributed by atoms with van der Waals surface area (Å²) in [6.07, 6.45) is 3.16. The average Bonchev–Trinajstić information content (AvgIpc) is 3.19. The van der Waals surface area contributed by atoms with Crippen LogP contribution in [0.2, 0.25) is 0 Å². The second-order valence-corrected chi connectivity index (χ2v) is 6.44. The van der Waals surface area contributed by atoms with Crippen LogP contribution in [0.4, 0.5) is 5.69 Å². The van der Waals surface area contributed by atoms with Crippen molar-refractivity contribution in [3.05, 3.63) is 60.9 Å². The van der Waals surface area contributed by atoms with Crippen molar-refractivity contribution in [3.8, 4) is 23.0 Å². The molecule has 0 radical (unpaired) electrons. The summed E-state index contributed by atoms with van der Waals surface area (Å²) in [5.74, 6) is 2.26. The maximum atomic E-state index is 12.2. The number of ether oxygens (including phenoxy) is 4. The molecule has 1 aliphatic heterocycles. The van der Waals surface area contributed by atoms with E-state index in [2.05, 4.69) is 10.4 Å². The molecule has 4 rings (SSSR count). The molecule has 0 spiro atoms. The van der Waals surface area contributed by atoms with Gasteiger partial charge in [-0.1, -0.05) is 24.3 Å². The Morgan fingerprint density at radius 2 is 1.93 bits per heavy atom. The lowest BCUT2D eigenvalue weighted by molar-refractivity contribution is -0.118. The lowest BCUT2D eigenvalue weighted by Crippen LogP contribution is -2.33. The third-order valence-electron chi connectivity index (χ3n) is 4.30. The number of anilines is 1. The zero-order valence-electron chi connectivity index (χ0n) is 15.9. The molecule has 1 N–H and O–H groups in total. The molecule has 1 unspecified atom stereocenters. The monoisotopic (exact) mass is 395 g/mol. The number of rotatable bonds is 7. The first-order chi connectivity index (χ1) is 14.2. The molecule has 0 aliphatic carbocycles. The summed E-state index contributed by atoms with van der Waals surface area (Å²) in [7, 11) is 1.55. The van der Waals surface area contributed by atoms with Gasteiger partial charge in [-0.25, -0.2) is 0 Å². The number of fused-ring (bicyclic) bond motifs is 1. The number of nitrogens with one attached hydrogen (secondary N) is 1. The molecule has 1 atom stereocenters. The van der Waals surface area contributed by atoms with E-state index >= 15 is 0 Å². The van der Waals surface area contributed by atoms with E-state index in [1.807, 2.05) is 36.4 Å². The van der Waals surface area contributed by atoms with E-state index in [9.17, 15) is 4.79 Å². The van der Waals surface area contributed by atoms with Gasteiger partial charge in [0.1, 0.15) is 6.61 Å². The highest BCUT2D eigenvalue weighted by atomic mass is 16.6. The average molecular weight is 395 g/mol. The van der Waals surface area contributed by atoms with Crippen LogP contribution in [0.15, 0.2) is 60.9 Å². The summed E-state index contributed by atoms with van der Waals surface area (Å²) in [5, 5.41) is 7.03. The predicted octanol–water partition coefficient (Wildman–Crippen LogP) is 2.75. The summed E-state index contributed by atoms with van der Waals surface area (Å²) in [6, 6.07) is 14.7. The van der Waals surface area contributed by atoms with Gasteiger partial charge in [-0.2, -0.15) is 5.10 Å². The van der Waals surface area contributed by atoms with Crippen LogP contribution >= 0.6 is 0 Å². The summed E-state index contributed by atoms with van der Waals surface area (Å²) < 4.78 is 24.1. The van der Waals surface area contributed by atoms with Crippen LogP contribution in [0, 0.1) is 0 Å². The number of amides is 1. The Bertz CT molecular complexity index is 988. The maximum absolute atomic E-state index is 12.2. The molecule has 150 valence electrons. The summed E-state index contributed by atoms with van der Waals surface area (Å²) >= 11 is 0. The molecule has 1 aromatic heterocycles. The van der Waals surface area contributed by atoms with Gasteiger partial charge in [0, 0.05) is 6.20 Å². The van der Waals surface area contributed by atoms with Gasteiger partial charge < -0.3 is 24.3 Å². The Morgan fingerprint density at radius 1 is 1.17 bits per heavy atom. The quantitative estimate of drug-likeness (QED) is 0.662. The van der Waals surface area contributed by atoms with Crippen molar-refractivity contribution >= 4 is 11.6 Å². The van der Waals surface area contributed by atoms with E-state index in [-0.39, 0.29) is 18.6 Å². The SMILES string of the molecule is COc1ccccc1OCC(=O)Nc1cnn(CC2COc3ccccc3O2)c1. The highest BCUT2D eigenvalue weighted by Gasteiger charge is 2.21. The summed E-state index contributed by atoms with van der Waals surface area (Å²) in [4.78, 5) is 12.2. The Kier molecular flexibility index (Phi) is 5.51. The predicted molar refractivity (Wildman–Crippen MR) is 106 cm³/mol. The molecular weight excluding hydrogens is 374 g/mol. The second-order valence-electron chi connectivity index (χ2n) is 6.44. The van der Waals surface area contributed by atoms with Gasteiger partial charge in [0.2, 0.25) is 0 Å². The van der Waals surface area contributed by atoms with Crippen molar-refractivity contribution < 1.29 is 23.7 Å². The number of hydrogen-bond acceptors (Lipinski definition) is 6. The van der Waals surface area contributed by atoms with Crippen LogP contribution in [0.1, 0.15) is 0 Å². The van der Waals surface area contributed by atoms with Crippen LogP contribution in [-0.4, -0.2) is 42.1 Å². The molecule has 2 aromatic carbocycles. The zero-order chi connectivity index (χ0) is 20.1. The van der Waals surface area contributed by atoms with Crippen LogP contribution in [-0.2, 0) is 11.3 Å². The minimum atomic E-state index is -0.290. The number of benzene rings is 2. The fourth-order valence-corrected chi connectivity index (χ4v) is 2.97. The summed E-state index contributed by atoms with van der Waals surface area (Å²) in [6.45, 7) is 0.801. The minimum absolute atomic E-state index is 0.137. The Labute approximate surface area is 168 Å². The normalized spacial score (nSPS) is 14.9. The van der Waals surface area contributed by atoms with Gasteiger partial charge >= 0.3 is 0 Å². The smallest absolute Gasteiger partial charge is 0.262 e. The molecule has 8 heteroatoms. The van der Waals surface area contributed by atoms with Crippen molar-refractivity contribution in [2.24, 2.45) is 0 Å². The first-order valence-electron chi connectivity index (χ1n) is 9.18. The standard InChI is InChI=1S/C21H21N3O5/c1-26-17-6-2-3-7-18(17)28-14-21(25)23-15-10-22-24(11-15)12-16-13-27-19-8-4-5-9-20(19)29-16/h2-11,16H,12-14H2,1H3,(H,23,25). The van der Waals surface area contributed by atoms with Gasteiger partial charge in [0.15, 0.2) is 35.7 Å². The third kappa shape index (κ3) is 4.60. The fraction of sp³-hybridized carbons (Fsp3) is 0.238. The minimum Gasteiger partial charge on any atom is -0.493 e. The van der Waals surface area contributed by atoms with Crippen LogP contribution in [0.3, 0.4) is 0 Å². The Balaban J connectivity index is 1.28. The fourth-order valence-electron chi connectivity index (χ4n) is 2.97. The van der Waals surface area contributed by atoms with Crippen molar-refractivity contribution in [1.82, 2.24) is 9.78 Å². The number of carbonyl (C=O) groups excluding carboxylic acids is 1. The molecule has 3 aromatic rings. The van der Waals surface area contributed by atoms with Gasteiger partial charge in [-0.3, -0.25) is 9.48 Å². The molecule has 0 saturated heterocycles. The van der Waals surface area contributed by atoms with E-state index in [0.29, 0.717) is 30.3 Å². The van der Waals surface area contributed by atoms with Gasteiger partial charge in [0.25, 0.3) is 5.91 Å². The first kappa shape index (κ1) is 18.7. The highest BCUT2D eigenvalue weighted by Crippen LogP contribution is 2.31. The van der Waals surface area contributed by atoms with E-state index in [0.717, 1.165) is 11.5 Å². The highest BCUT2D eigenvalue weighted by molar-refractivity contribution is 5.91. The van der Waals surface area contributed by atoms with Gasteiger partial charge in [0.05, 0.1) is 25.5 Å². The van der Waals surface area contributed by atoms with Crippen molar-refractivity contribution in [1.29, 1.82) is 0 Å². The molecule has 29 heavy (non-hydrogen) atoms. The van der Waals surface area contributed by atoms with Crippen LogP contribution < -0.4 is 24.3 Å². The lowest BCUT2D eigenvalue weighted by Gasteiger charge is -2.26. The van der Waals surface area contributed by atoms with Crippen LogP contribution in [0.25, 0.3) is 0 Å². The molecule has 0 fully saturated rings. The van der Waals surface area contributed by atoms with Gasteiger partial charge in [-0.15, -0.1) is 0 Å². The largest absolute Gasteiger partial charge is 0.493 e. The number of hydrogen-bond donors (Lipinski definition) is 1.